The van der Waals surface area contributed by atoms with Crippen LogP contribution in [-0.2, 0) is 20.8 Å². The zero-order chi connectivity index (χ0) is 13.7. The fourth-order valence-corrected chi connectivity index (χ4v) is 2.90. The van der Waals surface area contributed by atoms with Crippen LogP contribution in [0.15, 0.2) is 12.1 Å². The Morgan fingerprint density at radius 1 is 1.68 bits per heavy atom. The maximum absolute atomic E-state index is 11.8. The van der Waals surface area contributed by atoms with Gasteiger partial charge in [-0.15, -0.1) is 11.3 Å². The summed E-state index contributed by atoms with van der Waals surface area (Å²) in [5.41, 5.74) is 0. The highest BCUT2D eigenvalue weighted by Crippen LogP contribution is 2.21. The SMILES string of the molecule is C[C@H](OC[C@@H]1CCCO1)C(=O)NCc1ccc(Cl)s1. The van der Waals surface area contributed by atoms with Gasteiger partial charge in [0.05, 0.1) is 23.6 Å². The average Bonchev–Trinajstić information content (AvgIpc) is 3.04. The molecule has 6 heteroatoms. The summed E-state index contributed by atoms with van der Waals surface area (Å²) in [5.74, 6) is -0.109. The van der Waals surface area contributed by atoms with E-state index in [-0.39, 0.29) is 12.0 Å². The van der Waals surface area contributed by atoms with Crippen molar-refractivity contribution < 1.29 is 14.3 Å². The summed E-state index contributed by atoms with van der Waals surface area (Å²) in [6.45, 7) is 3.53. The molecule has 1 aliphatic rings. The van der Waals surface area contributed by atoms with E-state index in [4.69, 9.17) is 21.1 Å². The number of amides is 1. The summed E-state index contributed by atoms with van der Waals surface area (Å²) >= 11 is 7.29. The van der Waals surface area contributed by atoms with Crippen molar-refractivity contribution in [2.45, 2.75) is 38.5 Å². The van der Waals surface area contributed by atoms with Crippen LogP contribution in [0.1, 0.15) is 24.6 Å². The first-order valence-electron chi connectivity index (χ1n) is 6.40. The molecule has 1 N–H and O–H groups in total. The number of hydrogen-bond acceptors (Lipinski definition) is 4. The van der Waals surface area contributed by atoms with E-state index in [1.54, 1.807) is 6.92 Å². The summed E-state index contributed by atoms with van der Waals surface area (Å²) in [4.78, 5) is 12.9. The van der Waals surface area contributed by atoms with E-state index in [0.29, 0.717) is 13.2 Å². The van der Waals surface area contributed by atoms with Crippen LogP contribution < -0.4 is 5.32 Å². The summed E-state index contributed by atoms with van der Waals surface area (Å²) in [7, 11) is 0. The molecule has 1 aromatic heterocycles. The topological polar surface area (TPSA) is 47.6 Å². The van der Waals surface area contributed by atoms with Crippen molar-refractivity contribution in [3.05, 3.63) is 21.3 Å². The third-order valence-electron chi connectivity index (χ3n) is 2.99. The van der Waals surface area contributed by atoms with Crippen molar-refractivity contribution in [1.82, 2.24) is 5.32 Å². The highest BCUT2D eigenvalue weighted by atomic mass is 35.5. The van der Waals surface area contributed by atoms with Crippen LogP contribution in [-0.4, -0.2) is 31.3 Å². The first-order valence-corrected chi connectivity index (χ1v) is 7.59. The van der Waals surface area contributed by atoms with Crippen molar-refractivity contribution in [1.29, 1.82) is 0 Å². The van der Waals surface area contributed by atoms with Crippen molar-refractivity contribution in [2.75, 3.05) is 13.2 Å². The lowest BCUT2D eigenvalue weighted by Gasteiger charge is -2.15. The lowest BCUT2D eigenvalue weighted by atomic mass is 10.2. The summed E-state index contributed by atoms with van der Waals surface area (Å²) in [6.07, 6.45) is 1.78. The van der Waals surface area contributed by atoms with E-state index in [1.807, 2.05) is 12.1 Å². The summed E-state index contributed by atoms with van der Waals surface area (Å²) < 4.78 is 11.7. The molecule has 106 valence electrons. The average molecular weight is 304 g/mol. The third kappa shape index (κ3) is 4.76. The van der Waals surface area contributed by atoms with Crippen LogP contribution in [0.4, 0.5) is 0 Å². The second kappa shape index (κ2) is 7.24. The number of carbonyl (C=O) groups excluding carboxylic acids is 1. The minimum atomic E-state index is -0.459. The molecule has 0 aromatic carbocycles. The molecular formula is C13H18ClNO3S. The summed E-state index contributed by atoms with van der Waals surface area (Å²) in [5, 5.41) is 2.83. The molecule has 0 spiro atoms. The molecule has 0 unspecified atom stereocenters. The first kappa shape index (κ1) is 14.8. The molecule has 1 aromatic rings. The Morgan fingerprint density at radius 2 is 2.53 bits per heavy atom. The molecule has 2 rings (SSSR count). The lowest BCUT2D eigenvalue weighted by Crippen LogP contribution is -2.35. The van der Waals surface area contributed by atoms with Crippen LogP contribution in [0.25, 0.3) is 0 Å². The molecule has 2 heterocycles. The molecule has 1 aliphatic heterocycles. The second-order valence-corrected chi connectivity index (χ2v) is 6.33. The Morgan fingerprint density at radius 3 is 3.16 bits per heavy atom. The van der Waals surface area contributed by atoms with Crippen molar-refractivity contribution >= 4 is 28.8 Å². The lowest BCUT2D eigenvalue weighted by molar-refractivity contribution is -0.133. The maximum atomic E-state index is 11.8. The van der Waals surface area contributed by atoms with Crippen LogP contribution >= 0.6 is 22.9 Å². The van der Waals surface area contributed by atoms with Gasteiger partial charge in [-0.25, -0.2) is 0 Å². The van der Waals surface area contributed by atoms with Gasteiger partial charge in [0.15, 0.2) is 0 Å². The van der Waals surface area contributed by atoms with Gasteiger partial charge in [0.2, 0.25) is 5.91 Å². The molecule has 19 heavy (non-hydrogen) atoms. The molecule has 0 aliphatic carbocycles. The fourth-order valence-electron chi connectivity index (χ4n) is 1.87. The third-order valence-corrected chi connectivity index (χ3v) is 4.22. The molecule has 1 saturated heterocycles. The van der Waals surface area contributed by atoms with Gasteiger partial charge >= 0.3 is 0 Å². The Kier molecular flexibility index (Phi) is 5.63. The highest BCUT2D eigenvalue weighted by Gasteiger charge is 2.19. The molecule has 0 saturated carbocycles. The van der Waals surface area contributed by atoms with Crippen LogP contribution in [0, 0.1) is 0 Å². The van der Waals surface area contributed by atoms with Crippen LogP contribution in [0.5, 0.6) is 0 Å². The van der Waals surface area contributed by atoms with E-state index in [1.165, 1.54) is 11.3 Å². The quantitative estimate of drug-likeness (QED) is 0.879. The molecule has 0 radical (unpaired) electrons. The smallest absolute Gasteiger partial charge is 0.249 e. The molecule has 1 amide bonds. The van der Waals surface area contributed by atoms with Gasteiger partial charge in [-0.05, 0) is 31.9 Å². The van der Waals surface area contributed by atoms with Gasteiger partial charge in [-0.1, -0.05) is 11.6 Å². The van der Waals surface area contributed by atoms with Gasteiger partial charge in [-0.3, -0.25) is 4.79 Å². The number of carbonyl (C=O) groups is 1. The number of rotatable bonds is 6. The minimum absolute atomic E-state index is 0.109. The van der Waals surface area contributed by atoms with Gasteiger partial charge in [0, 0.05) is 11.5 Å². The standard InChI is InChI=1S/C13H18ClNO3S/c1-9(18-8-10-3-2-6-17-10)13(16)15-7-11-4-5-12(14)19-11/h4-5,9-10H,2-3,6-8H2,1H3,(H,15,16)/t9-,10-/m0/s1. The number of thiophene rings is 1. The monoisotopic (exact) mass is 303 g/mol. The first-order chi connectivity index (χ1) is 9.15. The van der Waals surface area contributed by atoms with E-state index in [0.717, 1.165) is 28.7 Å². The predicted molar refractivity (Wildman–Crippen MR) is 75.6 cm³/mol. The summed E-state index contributed by atoms with van der Waals surface area (Å²) in [6, 6.07) is 3.73. The van der Waals surface area contributed by atoms with Crippen molar-refractivity contribution in [3.8, 4) is 0 Å². The van der Waals surface area contributed by atoms with Crippen molar-refractivity contribution in [2.24, 2.45) is 0 Å². The van der Waals surface area contributed by atoms with Crippen molar-refractivity contribution in [3.63, 3.8) is 0 Å². The largest absolute Gasteiger partial charge is 0.376 e. The van der Waals surface area contributed by atoms with Gasteiger partial charge in [0.25, 0.3) is 0 Å². The molecule has 4 nitrogen and oxygen atoms in total. The Bertz CT molecular complexity index is 418. The van der Waals surface area contributed by atoms with E-state index >= 15 is 0 Å². The second-order valence-electron chi connectivity index (χ2n) is 4.53. The van der Waals surface area contributed by atoms with Crippen LogP contribution in [0.3, 0.4) is 0 Å². The van der Waals surface area contributed by atoms with Gasteiger partial charge in [0.1, 0.15) is 6.10 Å². The zero-order valence-electron chi connectivity index (χ0n) is 10.9. The van der Waals surface area contributed by atoms with Gasteiger partial charge < -0.3 is 14.8 Å². The van der Waals surface area contributed by atoms with Gasteiger partial charge in [-0.2, -0.15) is 0 Å². The normalized spacial score (nSPS) is 20.4. The number of nitrogens with one attached hydrogen (secondary N) is 1. The maximum Gasteiger partial charge on any atom is 0.249 e. The number of halogens is 1. The molecule has 0 bridgehead atoms. The Balaban J connectivity index is 1.66. The number of ether oxygens (including phenoxy) is 2. The number of hydrogen-bond donors (Lipinski definition) is 1. The zero-order valence-corrected chi connectivity index (χ0v) is 12.4. The highest BCUT2D eigenvalue weighted by molar-refractivity contribution is 7.16. The Labute approximate surface area is 122 Å². The predicted octanol–water partition coefficient (Wildman–Crippen LogP) is 2.60. The van der Waals surface area contributed by atoms with E-state index in [9.17, 15) is 4.79 Å². The molecule has 2 atom stereocenters. The van der Waals surface area contributed by atoms with E-state index < -0.39 is 6.10 Å². The molecular weight excluding hydrogens is 286 g/mol. The fraction of sp³-hybridized carbons (Fsp3) is 0.615. The Hall–Kier alpha value is -0.620. The van der Waals surface area contributed by atoms with Crippen LogP contribution in [0.2, 0.25) is 4.34 Å². The minimum Gasteiger partial charge on any atom is -0.376 e. The molecule has 1 fully saturated rings. The van der Waals surface area contributed by atoms with E-state index in [2.05, 4.69) is 5.32 Å².